The molecule has 34 heavy (non-hydrogen) atoms. The number of nitrogens with zero attached hydrogens (tertiary/aromatic N) is 3. The Morgan fingerprint density at radius 1 is 1.38 bits per heavy atom. The first-order chi connectivity index (χ1) is 16.3. The van der Waals surface area contributed by atoms with Gasteiger partial charge in [0.25, 0.3) is 5.91 Å². The molecule has 1 saturated carbocycles. The lowest BCUT2D eigenvalue weighted by Gasteiger charge is -2.34. The average Bonchev–Trinajstić information content (AvgIpc) is 3.49. The fourth-order valence-electron chi connectivity index (χ4n) is 4.62. The molecule has 5 rings (SSSR count). The molecule has 3 heterocycles. The minimum Gasteiger partial charge on any atom is -0.474 e. The molecule has 2 aliphatic heterocycles. The SMILES string of the molecule is COC[C@]12C[C@H]1[C@@](C)(c1cc(NC(=O)c3cnc(OCC4CCO4)cn3)ccc1F)N=C(N)S2. The molecule has 1 unspecified atom stereocenters. The Labute approximate surface area is 200 Å². The van der Waals surface area contributed by atoms with Gasteiger partial charge >= 0.3 is 0 Å². The Morgan fingerprint density at radius 2 is 2.21 bits per heavy atom. The van der Waals surface area contributed by atoms with Gasteiger partial charge in [-0.15, -0.1) is 0 Å². The van der Waals surface area contributed by atoms with Crippen LogP contribution >= 0.6 is 11.8 Å². The predicted octanol–water partition coefficient (Wildman–Crippen LogP) is 2.72. The van der Waals surface area contributed by atoms with E-state index in [1.807, 2.05) is 6.92 Å². The molecule has 1 aromatic carbocycles. The van der Waals surface area contributed by atoms with Crippen molar-refractivity contribution in [3.05, 3.63) is 47.7 Å². The lowest BCUT2D eigenvalue weighted by Crippen LogP contribution is -2.37. The molecule has 3 N–H and O–H groups in total. The normalized spacial score (nSPS) is 29.4. The van der Waals surface area contributed by atoms with Crippen LogP contribution in [0.2, 0.25) is 0 Å². The Morgan fingerprint density at radius 3 is 2.88 bits per heavy atom. The smallest absolute Gasteiger partial charge is 0.275 e. The van der Waals surface area contributed by atoms with Crippen molar-refractivity contribution in [2.45, 2.75) is 36.2 Å². The van der Waals surface area contributed by atoms with Crippen molar-refractivity contribution >= 4 is 28.5 Å². The second-order valence-corrected chi connectivity index (χ2v) is 10.4. The predicted molar refractivity (Wildman–Crippen MR) is 126 cm³/mol. The summed E-state index contributed by atoms with van der Waals surface area (Å²) in [5.74, 6) is -0.481. The summed E-state index contributed by atoms with van der Waals surface area (Å²) in [6, 6.07) is 4.44. The summed E-state index contributed by atoms with van der Waals surface area (Å²) in [6.07, 6.45) is 4.59. The highest BCUT2D eigenvalue weighted by Gasteiger charge is 2.66. The van der Waals surface area contributed by atoms with E-state index in [1.54, 1.807) is 13.2 Å². The number of ether oxygens (including phenoxy) is 3. The number of methoxy groups -OCH3 is 1. The van der Waals surface area contributed by atoms with Gasteiger partial charge in [-0.2, -0.15) is 0 Å². The third-order valence-corrected chi connectivity index (χ3v) is 7.86. The number of nitrogens with two attached hydrogens (primary N) is 1. The Hall–Kier alpha value is -2.76. The molecule has 4 atom stereocenters. The van der Waals surface area contributed by atoms with E-state index in [4.69, 9.17) is 19.9 Å². The molecule has 1 amide bonds. The van der Waals surface area contributed by atoms with E-state index in [9.17, 15) is 9.18 Å². The van der Waals surface area contributed by atoms with Gasteiger partial charge < -0.3 is 25.3 Å². The van der Waals surface area contributed by atoms with Crippen LogP contribution in [0.15, 0.2) is 35.6 Å². The zero-order valence-corrected chi connectivity index (χ0v) is 19.7. The van der Waals surface area contributed by atoms with Crippen molar-refractivity contribution < 1.29 is 23.4 Å². The number of nitrogens with one attached hydrogen (secondary N) is 1. The van der Waals surface area contributed by atoms with E-state index >= 15 is 0 Å². The molecular formula is C23H26FN5O4S. The maximum Gasteiger partial charge on any atom is 0.275 e. The molecule has 180 valence electrons. The highest BCUT2D eigenvalue weighted by Crippen LogP contribution is 2.66. The van der Waals surface area contributed by atoms with Gasteiger partial charge in [0.2, 0.25) is 5.88 Å². The number of aliphatic imine (C=N–C) groups is 1. The van der Waals surface area contributed by atoms with Crippen LogP contribution in [0.4, 0.5) is 10.1 Å². The first-order valence-corrected chi connectivity index (χ1v) is 11.9. The minimum atomic E-state index is -0.859. The first kappa shape index (κ1) is 23.0. The number of anilines is 1. The van der Waals surface area contributed by atoms with Gasteiger partial charge in [-0.3, -0.25) is 9.79 Å². The number of benzene rings is 1. The summed E-state index contributed by atoms with van der Waals surface area (Å²) in [7, 11) is 1.64. The summed E-state index contributed by atoms with van der Waals surface area (Å²) < 4.78 is 31.0. The first-order valence-electron chi connectivity index (χ1n) is 11.0. The molecular weight excluding hydrogens is 461 g/mol. The van der Waals surface area contributed by atoms with Crippen molar-refractivity contribution in [1.82, 2.24) is 9.97 Å². The highest BCUT2D eigenvalue weighted by atomic mass is 32.2. The van der Waals surface area contributed by atoms with Gasteiger partial charge in [0.05, 0.1) is 35.4 Å². The standard InChI is InChI=1S/C23H26FN5O4S/c1-22(18-8-23(18,12-31-2)34-21(25)29-22)15-7-13(3-4-16(15)24)28-20(30)17-9-27-19(10-26-17)33-11-14-5-6-32-14/h3-4,7,9-10,14,18H,5-6,8,11-12H2,1-2H3,(H2,25,29)(H,28,30)/t14?,18-,22+,23+/m0/s1. The van der Waals surface area contributed by atoms with E-state index in [2.05, 4.69) is 20.3 Å². The number of rotatable bonds is 8. The van der Waals surface area contributed by atoms with Crippen LogP contribution in [-0.2, 0) is 15.0 Å². The van der Waals surface area contributed by atoms with Crippen LogP contribution in [0, 0.1) is 11.7 Å². The van der Waals surface area contributed by atoms with Crippen LogP contribution in [0.25, 0.3) is 0 Å². The van der Waals surface area contributed by atoms with Crippen LogP contribution in [0.5, 0.6) is 5.88 Å². The number of hydrogen-bond donors (Lipinski definition) is 2. The molecule has 0 bridgehead atoms. The molecule has 3 aliphatic rings. The summed E-state index contributed by atoms with van der Waals surface area (Å²) in [4.78, 5) is 25.6. The summed E-state index contributed by atoms with van der Waals surface area (Å²) >= 11 is 1.49. The molecule has 1 saturated heterocycles. The average molecular weight is 488 g/mol. The second kappa shape index (κ2) is 8.79. The number of aromatic nitrogens is 2. The van der Waals surface area contributed by atoms with Crippen LogP contribution in [0.1, 0.15) is 35.8 Å². The van der Waals surface area contributed by atoms with Gasteiger partial charge in [-0.05, 0) is 31.5 Å². The third kappa shape index (κ3) is 4.23. The summed E-state index contributed by atoms with van der Waals surface area (Å²) in [6.45, 7) is 3.54. The van der Waals surface area contributed by atoms with E-state index in [-0.39, 0.29) is 22.5 Å². The van der Waals surface area contributed by atoms with E-state index < -0.39 is 17.3 Å². The minimum absolute atomic E-state index is 0.0708. The zero-order chi connectivity index (χ0) is 23.9. The van der Waals surface area contributed by atoms with Crippen molar-refractivity contribution in [3.63, 3.8) is 0 Å². The fourth-order valence-corrected chi connectivity index (χ4v) is 6.07. The van der Waals surface area contributed by atoms with E-state index in [0.717, 1.165) is 19.4 Å². The largest absolute Gasteiger partial charge is 0.474 e. The molecule has 1 aliphatic carbocycles. The lowest BCUT2D eigenvalue weighted by atomic mass is 9.85. The second-order valence-electron chi connectivity index (χ2n) is 8.94. The van der Waals surface area contributed by atoms with Gasteiger partial charge in [0.15, 0.2) is 5.17 Å². The third-order valence-electron chi connectivity index (χ3n) is 6.58. The fraction of sp³-hybridized carbons (Fsp3) is 0.478. The topological polar surface area (TPSA) is 121 Å². The monoisotopic (exact) mass is 487 g/mol. The number of hydrogen-bond acceptors (Lipinski definition) is 9. The summed E-state index contributed by atoms with van der Waals surface area (Å²) in [5.41, 5.74) is 6.18. The van der Waals surface area contributed by atoms with E-state index in [0.29, 0.717) is 35.5 Å². The molecule has 2 fully saturated rings. The zero-order valence-electron chi connectivity index (χ0n) is 18.9. The summed E-state index contributed by atoms with van der Waals surface area (Å²) in [5, 5.41) is 3.17. The Kier molecular flexibility index (Phi) is 5.95. The highest BCUT2D eigenvalue weighted by molar-refractivity contribution is 8.15. The maximum absolute atomic E-state index is 15.0. The number of fused-ring (bicyclic) bond motifs is 1. The van der Waals surface area contributed by atoms with Gasteiger partial charge in [-0.1, -0.05) is 11.8 Å². The molecule has 0 radical (unpaired) electrons. The maximum atomic E-state index is 15.0. The van der Waals surface area contributed by atoms with Gasteiger partial charge in [-0.25, -0.2) is 14.4 Å². The molecule has 9 nitrogen and oxygen atoms in total. The van der Waals surface area contributed by atoms with Crippen LogP contribution in [-0.4, -0.2) is 58.8 Å². The van der Waals surface area contributed by atoms with Crippen molar-refractivity contribution in [3.8, 4) is 5.88 Å². The quantitative estimate of drug-likeness (QED) is 0.583. The number of amidine groups is 1. The van der Waals surface area contributed by atoms with Gasteiger partial charge in [0, 0.05) is 37.3 Å². The molecule has 11 heteroatoms. The van der Waals surface area contributed by atoms with Gasteiger partial charge in [0.1, 0.15) is 18.1 Å². The van der Waals surface area contributed by atoms with Crippen molar-refractivity contribution in [1.29, 1.82) is 0 Å². The number of amides is 1. The number of carbonyl (C=O) groups excluding carboxylic acids is 1. The van der Waals surface area contributed by atoms with E-state index in [1.165, 1.54) is 36.3 Å². The molecule has 2 aromatic rings. The number of halogens is 1. The van der Waals surface area contributed by atoms with Crippen LogP contribution in [0.3, 0.4) is 0 Å². The number of carbonyl (C=O) groups is 1. The Bertz CT molecular complexity index is 1130. The lowest BCUT2D eigenvalue weighted by molar-refractivity contribution is -0.0727. The number of thioether (sulfide) groups is 1. The molecule has 0 spiro atoms. The molecule has 1 aromatic heterocycles. The van der Waals surface area contributed by atoms with Crippen LogP contribution < -0.4 is 15.8 Å². The van der Waals surface area contributed by atoms with Crippen molar-refractivity contribution in [2.75, 3.05) is 32.2 Å². The van der Waals surface area contributed by atoms with Crippen molar-refractivity contribution in [2.24, 2.45) is 16.6 Å². The Balaban J connectivity index is 1.31.